The van der Waals surface area contributed by atoms with Crippen LogP contribution >= 0.6 is 11.3 Å². The maximum absolute atomic E-state index is 13.3. The van der Waals surface area contributed by atoms with Crippen LogP contribution in [0, 0.1) is 0 Å². The van der Waals surface area contributed by atoms with Crippen LogP contribution in [0.1, 0.15) is 29.1 Å². The smallest absolute Gasteiger partial charge is 0.258 e. The molecule has 0 saturated heterocycles. The summed E-state index contributed by atoms with van der Waals surface area (Å²) in [6, 6.07) is 18.9. The van der Waals surface area contributed by atoms with Crippen molar-refractivity contribution < 1.29 is 14.3 Å². The first-order valence-corrected chi connectivity index (χ1v) is 9.70. The normalized spacial score (nSPS) is 10.7. The Kier molecular flexibility index (Phi) is 6.14. The zero-order valence-corrected chi connectivity index (χ0v) is 16.5. The van der Waals surface area contributed by atoms with E-state index in [9.17, 15) is 4.79 Å². The van der Waals surface area contributed by atoms with Crippen molar-refractivity contribution in [2.45, 2.75) is 26.5 Å². The number of nitrogens with zero attached hydrogens (tertiary/aromatic N) is 1. The highest BCUT2D eigenvalue weighted by molar-refractivity contribution is 7.09. The molecule has 1 aromatic heterocycles. The highest BCUT2D eigenvalue weighted by atomic mass is 32.1. The topological polar surface area (TPSA) is 38.8 Å². The zero-order valence-electron chi connectivity index (χ0n) is 15.7. The van der Waals surface area contributed by atoms with E-state index in [2.05, 4.69) is 0 Å². The van der Waals surface area contributed by atoms with E-state index in [0.29, 0.717) is 12.1 Å². The molecule has 0 saturated carbocycles. The molecule has 0 bridgehead atoms. The Morgan fingerprint density at radius 3 is 2.44 bits per heavy atom. The van der Waals surface area contributed by atoms with Crippen LogP contribution in [-0.4, -0.2) is 19.1 Å². The number of anilines is 1. The van der Waals surface area contributed by atoms with Gasteiger partial charge in [-0.3, -0.25) is 4.79 Å². The number of carbonyl (C=O) groups excluding carboxylic acids is 1. The molecule has 0 atom stereocenters. The molecule has 140 valence electrons. The molecule has 0 aliphatic heterocycles. The van der Waals surface area contributed by atoms with Gasteiger partial charge in [0, 0.05) is 22.2 Å². The summed E-state index contributed by atoms with van der Waals surface area (Å²) in [4.78, 5) is 16.1. The van der Waals surface area contributed by atoms with Gasteiger partial charge in [0.05, 0.1) is 19.8 Å². The summed E-state index contributed by atoms with van der Waals surface area (Å²) in [7, 11) is 1.62. The molecule has 27 heavy (non-hydrogen) atoms. The second-order valence-corrected chi connectivity index (χ2v) is 7.40. The molecule has 0 spiro atoms. The van der Waals surface area contributed by atoms with E-state index in [1.54, 1.807) is 23.3 Å². The lowest BCUT2D eigenvalue weighted by Crippen LogP contribution is -2.30. The van der Waals surface area contributed by atoms with Crippen LogP contribution in [0.4, 0.5) is 5.69 Å². The SMILES string of the molecule is COc1cccc(N(Cc2cccs2)C(=O)c2ccc(OC(C)C)cc2)c1. The molecule has 0 aliphatic rings. The fourth-order valence-corrected chi connectivity index (χ4v) is 3.41. The minimum Gasteiger partial charge on any atom is -0.497 e. The summed E-state index contributed by atoms with van der Waals surface area (Å²) >= 11 is 1.63. The molecular weight excluding hydrogens is 358 g/mol. The lowest BCUT2D eigenvalue weighted by Gasteiger charge is -2.23. The molecule has 3 aromatic rings. The van der Waals surface area contributed by atoms with Gasteiger partial charge in [-0.1, -0.05) is 12.1 Å². The summed E-state index contributed by atoms with van der Waals surface area (Å²) in [5, 5.41) is 2.02. The van der Waals surface area contributed by atoms with Crippen molar-refractivity contribution in [3.63, 3.8) is 0 Å². The highest BCUT2D eigenvalue weighted by Gasteiger charge is 2.19. The maximum atomic E-state index is 13.3. The van der Waals surface area contributed by atoms with E-state index in [-0.39, 0.29) is 12.0 Å². The van der Waals surface area contributed by atoms with Gasteiger partial charge < -0.3 is 14.4 Å². The number of rotatable bonds is 7. The molecular formula is C22H23NO3S. The molecule has 0 fully saturated rings. The first-order valence-electron chi connectivity index (χ1n) is 8.82. The van der Waals surface area contributed by atoms with Crippen LogP contribution in [-0.2, 0) is 6.54 Å². The van der Waals surface area contributed by atoms with E-state index >= 15 is 0 Å². The van der Waals surface area contributed by atoms with Gasteiger partial charge in [-0.2, -0.15) is 0 Å². The number of thiophene rings is 1. The van der Waals surface area contributed by atoms with Gasteiger partial charge in [-0.25, -0.2) is 0 Å². The Hall–Kier alpha value is -2.79. The van der Waals surface area contributed by atoms with Gasteiger partial charge in [0.2, 0.25) is 0 Å². The van der Waals surface area contributed by atoms with Crippen molar-refractivity contribution in [1.82, 2.24) is 0 Å². The van der Waals surface area contributed by atoms with Gasteiger partial charge in [0.25, 0.3) is 5.91 Å². The van der Waals surface area contributed by atoms with E-state index in [4.69, 9.17) is 9.47 Å². The van der Waals surface area contributed by atoms with Gasteiger partial charge in [-0.15, -0.1) is 11.3 Å². The number of carbonyl (C=O) groups is 1. The minimum atomic E-state index is -0.0623. The van der Waals surface area contributed by atoms with E-state index < -0.39 is 0 Å². The molecule has 4 nitrogen and oxygen atoms in total. The van der Waals surface area contributed by atoms with Gasteiger partial charge >= 0.3 is 0 Å². The molecule has 5 heteroatoms. The molecule has 2 aromatic carbocycles. The number of methoxy groups -OCH3 is 1. The highest BCUT2D eigenvalue weighted by Crippen LogP contribution is 2.26. The lowest BCUT2D eigenvalue weighted by atomic mass is 10.1. The third-order valence-electron chi connectivity index (χ3n) is 3.98. The second kappa shape index (κ2) is 8.73. The monoisotopic (exact) mass is 381 g/mol. The van der Waals surface area contributed by atoms with Crippen LogP contribution in [0.25, 0.3) is 0 Å². The molecule has 0 unspecified atom stereocenters. The van der Waals surface area contributed by atoms with Crippen molar-refractivity contribution >= 4 is 22.9 Å². The number of hydrogen-bond acceptors (Lipinski definition) is 4. The van der Waals surface area contributed by atoms with Gasteiger partial charge in [0.15, 0.2) is 0 Å². The summed E-state index contributed by atoms with van der Waals surface area (Å²) in [6.45, 7) is 4.46. The van der Waals surface area contributed by atoms with Crippen molar-refractivity contribution in [2.24, 2.45) is 0 Å². The quantitative estimate of drug-likeness (QED) is 0.551. The minimum absolute atomic E-state index is 0.0623. The molecule has 0 N–H and O–H groups in total. The molecule has 1 amide bonds. The Morgan fingerprint density at radius 1 is 1.04 bits per heavy atom. The molecule has 1 heterocycles. The Labute approximate surface area is 164 Å². The summed E-state index contributed by atoms with van der Waals surface area (Å²) in [6.07, 6.45) is 0.0960. The summed E-state index contributed by atoms with van der Waals surface area (Å²) in [5.41, 5.74) is 1.42. The van der Waals surface area contributed by atoms with Crippen molar-refractivity contribution in [2.75, 3.05) is 12.0 Å². The number of amides is 1. The third kappa shape index (κ3) is 4.89. The number of hydrogen-bond donors (Lipinski definition) is 0. The largest absolute Gasteiger partial charge is 0.497 e. The lowest BCUT2D eigenvalue weighted by molar-refractivity contribution is 0.0985. The maximum Gasteiger partial charge on any atom is 0.258 e. The molecule has 3 rings (SSSR count). The van der Waals surface area contributed by atoms with E-state index in [1.807, 2.05) is 79.9 Å². The fraction of sp³-hybridized carbons (Fsp3) is 0.227. The number of ether oxygens (including phenoxy) is 2. The zero-order chi connectivity index (χ0) is 19.2. The molecule has 0 aliphatic carbocycles. The molecule has 0 radical (unpaired) electrons. The Bertz CT molecular complexity index is 873. The van der Waals surface area contributed by atoms with Crippen molar-refractivity contribution in [3.8, 4) is 11.5 Å². The first kappa shape index (κ1) is 19.0. The van der Waals surface area contributed by atoms with Crippen molar-refractivity contribution in [3.05, 3.63) is 76.5 Å². The fourth-order valence-electron chi connectivity index (χ4n) is 2.72. The Balaban J connectivity index is 1.90. The Morgan fingerprint density at radius 2 is 1.81 bits per heavy atom. The van der Waals surface area contributed by atoms with E-state index in [0.717, 1.165) is 22.1 Å². The van der Waals surface area contributed by atoms with Crippen LogP contribution in [0.15, 0.2) is 66.0 Å². The van der Waals surface area contributed by atoms with Gasteiger partial charge in [-0.05, 0) is 61.7 Å². The van der Waals surface area contributed by atoms with E-state index in [1.165, 1.54) is 0 Å². The van der Waals surface area contributed by atoms with Crippen LogP contribution in [0.3, 0.4) is 0 Å². The van der Waals surface area contributed by atoms with Crippen LogP contribution in [0.5, 0.6) is 11.5 Å². The van der Waals surface area contributed by atoms with Crippen LogP contribution in [0.2, 0.25) is 0 Å². The third-order valence-corrected chi connectivity index (χ3v) is 4.84. The predicted octanol–water partition coefficient (Wildman–Crippen LogP) is 5.39. The second-order valence-electron chi connectivity index (χ2n) is 6.36. The van der Waals surface area contributed by atoms with Gasteiger partial charge in [0.1, 0.15) is 11.5 Å². The standard InChI is InChI=1S/C22H23NO3S/c1-16(2)26-19-11-9-17(10-12-19)22(24)23(15-21-8-5-13-27-21)18-6-4-7-20(14-18)25-3/h4-14,16H,15H2,1-3H3. The first-order chi connectivity index (χ1) is 13.1. The average Bonchev–Trinajstić information content (AvgIpc) is 3.19. The van der Waals surface area contributed by atoms with Crippen LogP contribution < -0.4 is 14.4 Å². The predicted molar refractivity (Wildman–Crippen MR) is 110 cm³/mol. The number of benzene rings is 2. The summed E-state index contributed by atoms with van der Waals surface area (Å²) < 4.78 is 11.0. The summed E-state index contributed by atoms with van der Waals surface area (Å²) in [5.74, 6) is 1.41. The average molecular weight is 381 g/mol. The van der Waals surface area contributed by atoms with Crippen molar-refractivity contribution in [1.29, 1.82) is 0 Å².